The summed E-state index contributed by atoms with van der Waals surface area (Å²) in [5.41, 5.74) is 0. The molecule has 0 spiro atoms. The fourth-order valence-electron chi connectivity index (χ4n) is 1.98. The van der Waals surface area contributed by atoms with Crippen molar-refractivity contribution < 1.29 is 14.7 Å². The SMILES string of the molecule is CC(c1ccc(Cl)s1)N1CC(C(=O)O)CC1=O. The maximum absolute atomic E-state index is 11.7. The molecule has 17 heavy (non-hydrogen) atoms. The molecule has 0 saturated carbocycles. The van der Waals surface area contributed by atoms with Gasteiger partial charge in [0.2, 0.25) is 5.91 Å². The van der Waals surface area contributed by atoms with E-state index in [-0.39, 0.29) is 24.9 Å². The van der Waals surface area contributed by atoms with Crippen LogP contribution in [0.1, 0.15) is 24.3 Å². The molecular weight excluding hydrogens is 262 g/mol. The van der Waals surface area contributed by atoms with E-state index in [1.54, 1.807) is 11.0 Å². The Morgan fingerprint density at radius 2 is 2.35 bits per heavy atom. The van der Waals surface area contributed by atoms with Gasteiger partial charge in [-0.25, -0.2) is 0 Å². The molecule has 6 heteroatoms. The highest BCUT2D eigenvalue weighted by molar-refractivity contribution is 7.16. The van der Waals surface area contributed by atoms with Gasteiger partial charge in [0.25, 0.3) is 0 Å². The van der Waals surface area contributed by atoms with Gasteiger partial charge in [-0.05, 0) is 19.1 Å². The molecule has 2 unspecified atom stereocenters. The van der Waals surface area contributed by atoms with Crippen molar-refractivity contribution in [3.63, 3.8) is 0 Å². The van der Waals surface area contributed by atoms with Crippen LogP contribution in [-0.2, 0) is 9.59 Å². The van der Waals surface area contributed by atoms with Gasteiger partial charge in [-0.1, -0.05) is 11.6 Å². The van der Waals surface area contributed by atoms with Gasteiger partial charge >= 0.3 is 5.97 Å². The van der Waals surface area contributed by atoms with Crippen LogP contribution in [0, 0.1) is 5.92 Å². The minimum atomic E-state index is -0.905. The normalized spacial score (nSPS) is 21.9. The average Bonchev–Trinajstić information content (AvgIpc) is 2.84. The van der Waals surface area contributed by atoms with Crippen LogP contribution in [0.25, 0.3) is 0 Å². The number of likely N-dealkylation sites (tertiary alicyclic amines) is 1. The summed E-state index contributed by atoms with van der Waals surface area (Å²) < 4.78 is 0.674. The van der Waals surface area contributed by atoms with Crippen molar-refractivity contribution >= 4 is 34.8 Å². The first-order chi connectivity index (χ1) is 7.99. The minimum Gasteiger partial charge on any atom is -0.481 e. The van der Waals surface area contributed by atoms with Crippen molar-refractivity contribution in [2.24, 2.45) is 5.92 Å². The Morgan fingerprint density at radius 3 is 2.82 bits per heavy atom. The lowest BCUT2D eigenvalue weighted by Crippen LogP contribution is -2.28. The van der Waals surface area contributed by atoms with Gasteiger partial charge < -0.3 is 10.0 Å². The van der Waals surface area contributed by atoms with Crippen LogP contribution < -0.4 is 0 Å². The fourth-order valence-corrected chi connectivity index (χ4v) is 3.10. The molecule has 1 N–H and O–H groups in total. The molecular formula is C11H12ClNO3S. The highest BCUT2D eigenvalue weighted by Crippen LogP contribution is 2.33. The van der Waals surface area contributed by atoms with Crippen LogP contribution >= 0.6 is 22.9 Å². The van der Waals surface area contributed by atoms with Crippen molar-refractivity contribution in [1.82, 2.24) is 4.90 Å². The second-order valence-corrected chi connectivity index (χ2v) is 5.85. The number of hydrogen-bond acceptors (Lipinski definition) is 3. The molecule has 2 heterocycles. The largest absolute Gasteiger partial charge is 0.481 e. The van der Waals surface area contributed by atoms with Crippen molar-refractivity contribution in [2.45, 2.75) is 19.4 Å². The Labute approximate surface area is 108 Å². The Morgan fingerprint density at radius 1 is 1.65 bits per heavy atom. The van der Waals surface area contributed by atoms with E-state index < -0.39 is 11.9 Å². The van der Waals surface area contributed by atoms with Gasteiger partial charge in [-0.15, -0.1) is 11.3 Å². The quantitative estimate of drug-likeness (QED) is 0.920. The number of carbonyl (C=O) groups excluding carboxylic acids is 1. The van der Waals surface area contributed by atoms with E-state index in [4.69, 9.17) is 16.7 Å². The van der Waals surface area contributed by atoms with Gasteiger partial charge in [0, 0.05) is 17.8 Å². The second kappa shape index (κ2) is 4.66. The van der Waals surface area contributed by atoms with Crippen LogP contribution in [0.15, 0.2) is 12.1 Å². The summed E-state index contributed by atoms with van der Waals surface area (Å²) in [5, 5.41) is 8.91. The number of carboxylic acid groups (broad SMARTS) is 1. The second-order valence-electron chi connectivity index (χ2n) is 4.10. The molecule has 0 aliphatic carbocycles. The number of rotatable bonds is 3. The Balaban J connectivity index is 2.13. The molecule has 2 rings (SSSR count). The van der Waals surface area contributed by atoms with Gasteiger partial charge in [0.05, 0.1) is 16.3 Å². The predicted octanol–water partition coefficient (Wildman–Crippen LogP) is 2.40. The number of carboxylic acids is 1. The summed E-state index contributed by atoms with van der Waals surface area (Å²) in [4.78, 5) is 25.2. The van der Waals surface area contributed by atoms with Gasteiger partial charge in [0.1, 0.15) is 0 Å². The van der Waals surface area contributed by atoms with Crippen LogP contribution in [0.4, 0.5) is 0 Å². The molecule has 2 atom stereocenters. The molecule has 1 amide bonds. The molecule has 4 nitrogen and oxygen atoms in total. The third kappa shape index (κ3) is 2.45. The zero-order valence-corrected chi connectivity index (χ0v) is 10.8. The number of nitrogens with zero attached hydrogens (tertiary/aromatic N) is 1. The minimum absolute atomic E-state index is 0.0960. The van der Waals surface area contributed by atoms with Gasteiger partial charge in [-0.2, -0.15) is 0 Å². The Hall–Kier alpha value is -1.07. The first-order valence-electron chi connectivity index (χ1n) is 5.26. The number of hydrogen-bond donors (Lipinski definition) is 1. The maximum Gasteiger partial charge on any atom is 0.308 e. The van der Waals surface area contributed by atoms with Crippen LogP contribution in [-0.4, -0.2) is 28.4 Å². The van der Waals surface area contributed by atoms with Crippen molar-refractivity contribution in [1.29, 1.82) is 0 Å². The van der Waals surface area contributed by atoms with Gasteiger partial charge in [-0.3, -0.25) is 9.59 Å². The van der Waals surface area contributed by atoms with E-state index in [0.29, 0.717) is 4.34 Å². The van der Waals surface area contributed by atoms with Gasteiger partial charge in [0.15, 0.2) is 0 Å². The summed E-state index contributed by atoms with van der Waals surface area (Å²) in [5.74, 6) is -1.59. The Bertz CT molecular complexity index is 459. The van der Waals surface area contributed by atoms with Crippen LogP contribution in [0.2, 0.25) is 4.34 Å². The zero-order valence-electron chi connectivity index (χ0n) is 9.22. The van der Waals surface area contributed by atoms with Crippen LogP contribution in [0.3, 0.4) is 0 Å². The van der Waals surface area contributed by atoms with E-state index in [1.807, 2.05) is 13.0 Å². The van der Waals surface area contributed by atoms with Crippen molar-refractivity contribution in [2.75, 3.05) is 6.54 Å². The molecule has 1 aliphatic heterocycles. The number of carbonyl (C=O) groups is 2. The van der Waals surface area contributed by atoms with E-state index in [0.717, 1.165) is 4.88 Å². The number of amides is 1. The smallest absolute Gasteiger partial charge is 0.308 e. The molecule has 1 aliphatic rings. The Kier molecular flexibility index (Phi) is 3.40. The molecule has 1 fully saturated rings. The molecule has 0 bridgehead atoms. The molecule has 1 aromatic heterocycles. The predicted molar refractivity (Wildman–Crippen MR) is 65.2 cm³/mol. The lowest BCUT2D eigenvalue weighted by molar-refractivity contribution is -0.141. The molecule has 1 saturated heterocycles. The summed E-state index contributed by atoms with van der Waals surface area (Å²) in [6, 6.07) is 3.55. The van der Waals surface area contributed by atoms with E-state index in [1.165, 1.54) is 11.3 Å². The third-order valence-corrected chi connectivity index (χ3v) is 4.38. The van der Waals surface area contributed by atoms with Crippen LogP contribution in [0.5, 0.6) is 0 Å². The molecule has 92 valence electrons. The third-order valence-electron chi connectivity index (χ3n) is 2.98. The zero-order chi connectivity index (χ0) is 12.6. The van der Waals surface area contributed by atoms with Crippen molar-refractivity contribution in [3.05, 3.63) is 21.3 Å². The van der Waals surface area contributed by atoms with Crippen molar-refractivity contribution in [3.8, 4) is 0 Å². The standard InChI is InChI=1S/C11H12ClNO3S/c1-6(8-2-3-9(12)17-8)13-5-7(11(15)16)4-10(13)14/h2-3,6-7H,4-5H2,1H3,(H,15,16). The van der Waals surface area contributed by atoms with E-state index >= 15 is 0 Å². The summed E-state index contributed by atoms with van der Waals surface area (Å²) in [6.07, 6.45) is 0.0960. The lowest BCUT2D eigenvalue weighted by Gasteiger charge is -2.23. The highest BCUT2D eigenvalue weighted by atomic mass is 35.5. The molecule has 1 aromatic rings. The lowest BCUT2D eigenvalue weighted by atomic mass is 10.1. The topological polar surface area (TPSA) is 57.6 Å². The number of thiophene rings is 1. The first kappa shape index (κ1) is 12.4. The molecule has 0 aromatic carbocycles. The number of aliphatic carboxylic acids is 1. The highest BCUT2D eigenvalue weighted by Gasteiger charge is 2.37. The van der Waals surface area contributed by atoms with E-state index in [9.17, 15) is 9.59 Å². The van der Waals surface area contributed by atoms with E-state index in [2.05, 4.69) is 0 Å². The summed E-state index contributed by atoms with van der Waals surface area (Å²) in [6.45, 7) is 2.18. The fraction of sp³-hybridized carbons (Fsp3) is 0.455. The molecule has 0 radical (unpaired) electrons. The summed E-state index contributed by atoms with van der Waals surface area (Å²) >= 11 is 7.27. The maximum atomic E-state index is 11.7. The summed E-state index contributed by atoms with van der Waals surface area (Å²) in [7, 11) is 0. The average molecular weight is 274 g/mol. The number of halogens is 1. The monoisotopic (exact) mass is 273 g/mol. The first-order valence-corrected chi connectivity index (χ1v) is 6.46.